The van der Waals surface area contributed by atoms with Gasteiger partial charge < -0.3 is 10.2 Å². The molecule has 0 heterocycles. The van der Waals surface area contributed by atoms with Crippen LogP contribution in [0.4, 0.5) is 5.69 Å². The van der Waals surface area contributed by atoms with Crippen LogP contribution in [0.25, 0.3) is 0 Å². The van der Waals surface area contributed by atoms with E-state index in [9.17, 15) is 0 Å². The molecule has 1 aromatic carbocycles. The van der Waals surface area contributed by atoms with Crippen LogP contribution in [0, 0.1) is 5.41 Å². The third-order valence-corrected chi connectivity index (χ3v) is 3.41. The Morgan fingerprint density at radius 2 is 1.95 bits per heavy atom. The molecule has 0 saturated carbocycles. The zero-order valence-corrected chi connectivity index (χ0v) is 14.5. The second kappa shape index (κ2) is 7.30. The average Bonchev–Trinajstić information content (AvgIpc) is 2.29. The van der Waals surface area contributed by atoms with Gasteiger partial charge in [-0.2, -0.15) is 0 Å². The Labute approximate surface area is 126 Å². The van der Waals surface area contributed by atoms with E-state index >= 15 is 0 Å². The van der Waals surface area contributed by atoms with Crippen LogP contribution >= 0.6 is 15.9 Å². The lowest BCUT2D eigenvalue weighted by molar-refractivity contribution is 0.418. The Morgan fingerprint density at radius 1 is 1.26 bits per heavy atom. The van der Waals surface area contributed by atoms with Gasteiger partial charge in [0.05, 0.1) is 0 Å². The van der Waals surface area contributed by atoms with E-state index in [1.807, 2.05) is 0 Å². The number of hydrogen-bond donors (Lipinski definition) is 1. The molecule has 108 valence electrons. The highest BCUT2D eigenvalue weighted by molar-refractivity contribution is 9.10. The highest BCUT2D eigenvalue weighted by atomic mass is 79.9. The fourth-order valence-electron chi connectivity index (χ4n) is 2.24. The van der Waals surface area contributed by atoms with Crippen molar-refractivity contribution in [2.24, 2.45) is 5.41 Å². The SMILES string of the molecule is CCCNCc1ccc(Br)cc1N(C)CC(C)(C)C. The van der Waals surface area contributed by atoms with Gasteiger partial charge in [-0.1, -0.05) is 49.7 Å². The van der Waals surface area contributed by atoms with E-state index in [2.05, 4.69) is 79.1 Å². The van der Waals surface area contributed by atoms with E-state index in [4.69, 9.17) is 0 Å². The summed E-state index contributed by atoms with van der Waals surface area (Å²) in [4.78, 5) is 2.35. The first-order valence-corrected chi connectivity index (χ1v) is 7.83. The highest BCUT2D eigenvalue weighted by Crippen LogP contribution is 2.27. The van der Waals surface area contributed by atoms with Crippen molar-refractivity contribution in [3.05, 3.63) is 28.2 Å². The van der Waals surface area contributed by atoms with Crippen molar-refractivity contribution in [1.82, 2.24) is 5.32 Å². The summed E-state index contributed by atoms with van der Waals surface area (Å²) in [5.41, 5.74) is 2.97. The number of halogens is 1. The number of rotatable bonds is 6. The lowest BCUT2D eigenvalue weighted by Gasteiger charge is -2.30. The van der Waals surface area contributed by atoms with Crippen molar-refractivity contribution in [3.63, 3.8) is 0 Å². The summed E-state index contributed by atoms with van der Waals surface area (Å²) >= 11 is 3.58. The van der Waals surface area contributed by atoms with Crippen molar-refractivity contribution < 1.29 is 0 Å². The number of hydrogen-bond acceptors (Lipinski definition) is 2. The quantitative estimate of drug-likeness (QED) is 0.778. The molecule has 0 spiro atoms. The van der Waals surface area contributed by atoms with E-state index in [-0.39, 0.29) is 0 Å². The van der Waals surface area contributed by atoms with Crippen molar-refractivity contribution in [2.45, 2.75) is 40.7 Å². The molecule has 1 rings (SSSR count). The Hall–Kier alpha value is -0.540. The molecule has 2 nitrogen and oxygen atoms in total. The molecule has 1 N–H and O–H groups in total. The zero-order chi connectivity index (χ0) is 14.5. The largest absolute Gasteiger partial charge is 0.374 e. The summed E-state index contributed by atoms with van der Waals surface area (Å²) in [6, 6.07) is 6.55. The maximum atomic E-state index is 3.58. The monoisotopic (exact) mass is 326 g/mol. The first-order chi connectivity index (χ1) is 8.83. The smallest absolute Gasteiger partial charge is 0.0420 e. The van der Waals surface area contributed by atoms with E-state index in [1.54, 1.807) is 0 Å². The minimum absolute atomic E-state index is 0.297. The molecule has 3 heteroatoms. The van der Waals surface area contributed by atoms with Gasteiger partial charge in [-0.05, 0) is 36.1 Å². The average molecular weight is 327 g/mol. The maximum Gasteiger partial charge on any atom is 0.0420 e. The number of anilines is 1. The molecular formula is C16H27BrN2. The van der Waals surface area contributed by atoms with Crippen LogP contribution in [0.1, 0.15) is 39.7 Å². The van der Waals surface area contributed by atoms with Crippen molar-refractivity contribution in [1.29, 1.82) is 0 Å². The second-order valence-electron chi connectivity index (χ2n) is 6.37. The number of nitrogens with zero attached hydrogens (tertiary/aromatic N) is 1. The Kier molecular flexibility index (Phi) is 6.34. The van der Waals surface area contributed by atoms with Crippen molar-refractivity contribution in [2.75, 3.05) is 25.0 Å². The molecule has 0 aromatic heterocycles. The Balaban J connectivity index is 2.86. The Bertz CT molecular complexity index is 396. The molecule has 0 radical (unpaired) electrons. The first-order valence-electron chi connectivity index (χ1n) is 7.04. The zero-order valence-electron chi connectivity index (χ0n) is 12.9. The van der Waals surface area contributed by atoms with Gasteiger partial charge in [0, 0.05) is 30.3 Å². The third kappa shape index (κ3) is 5.96. The van der Waals surface area contributed by atoms with Crippen LogP contribution in [0.3, 0.4) is 0 Å². The fraction of sp³-hybridized carbons (Fsp3) is 0.625. The predicted molar refractivity (Wildman–Crippen MR) is 88.9 cm³/mol. The van der Waals surface area contributed by atoms with Gasteiger partial charge in [-0.3, -0.25) is 0 Å². The summed E-state index contributed by atoms with van der Waals surface area (Å²) in [6.07, 6.45) is 1.17. The van der Waals surface area contributed by atoms with E-state index in [0.29, 0.717) is 5.41 Å². The van der Waals surface area contributed by atoms with E-state index < -0.39 is 0 Å². The van der Waals surface area contributed by atoms with Crippen LogP contribution in [0.2, 0.25) is 0 Å². The van der Waals surface area contributed by atoms with Gasteiger partial charge >= 0.3 is 0 Å². The standard InChI is InChI=1S/C16H27BrN2/c1-6-9-18-11-13-7-8-14(17)10-15(13)19(5)12-16(2,3)4/h7-8,10,18H,6,9,11-12H2,1-5H3. The molecule has 0 bridgehead atoms. The molecule has 0 amide bonds. The van der Waals surface area contributed by atoms with Crippen LogP contribution in [-0.4, -0.2) is 20.1 Å². The van der Waals surface area contributed by atoms with Crippen molar-refractivity contribution in [3.8, 4) is 0 Å². The molecular weight excluding hydrogens is 300 g/mol. The summed E-state index contributed by atoms with van der Waals surface area (Å²) < 4.78 is 1.14. The normalized spacial score (nSPS) is 11.7. The highest BCUT2D eigenvalue weighted by Gasteiger charge is 2.16. The molecule has 0 aliphatic heterocycles. The van der Waals surface area contributed by atoms with Crippen LogP contribution in [-0.2, 0) is 6.54 Å². The minimum atomic E-state index is 0.297. The van der Waals surface area contributed by atoms with Gasteiger partial charge in [-0.15, -0.1) is 0 Å². The lowest BCUT2D eigenvalue weighted by Crippen LogP contribution is -2.30. The van der Waals surface area contributed by atoms with E-state index in [0.717, 1.165) is 24.1 Å². The van der Waals surface area contributed by atoms with Crippen LogP contribution < -0.4 is 10.2 Å². The fourth-order valence-corrected chi connectivity index (χ4v) is 2.59. The van der Waals surface area contributed by atoms with Gasteiger partial charge in [0.2, 0.25) is 0 Å². The first kappa shape index (κ1) is 16.5. The minimum Gasteiger partial charge on any atom is -0.374 e. The van der Waals surface area contributed by atoms with Crippen LogP contribution in [0.5, 0.6) is 0 Å². The molecule has 0 fully saturated rings. The number of nitrogens with one attached hydrogen (secondary N) is 1. The predicted octanol–water partition coefficient (Wildman–Crippen LogP) is 4.43. The van der Waals surface area contributed by atoms with E-state index in [1.165, 1.54) is 17.7 Å². The van der Waals surface area contributed by atoms with Crippen molar-refractivity contribution >= 4 is 21.6 Å². The molecule has 0 aliphatic carbocycles. The van der Waals surface area contributed by atoms with Crippen LogP contribution in [0.15, 0.2) is 22.7 Å². The molecule has 1 aromatic rings. The van der Waals surface area contributed by atoms with Gasteiger partial charge in [0.1, 0.15) is 0 Å². The topological polar surface area (TPSA) is 15.3 Å². The van der Waals surface area contributed by atoms with Gasteiger partial charge in [0.25, 0.3) is 0 Å². The molecule has 0 unspecified atom stereocenters. The summed E-state index contributed by atoms with van der Waals surface area (Å²) in [6.45, 7) is 12.1. The third-order valence-electron chi connectivity index (χ3n) is 2.91. The number of benzene rings is 1. The second-order valence-corrected chi connectivity index (χ2v) is 7.28. The molecule has 0 atom stereocenters. The summed E-state index contributed by atoms with van der Waals surface area (Å²) in [7, 11) is 2.18. The maximum absolute atomic E-state index is 3.58. The Morgan fingerprint density at radius 3 is 2.53 bits per heavy atom. The van der Waals surface area contributed by atoms with Gasteiger partial charge in [0.15, 0.2) is 0 Å². The molecule has 19 heavy (non-hydrogen) atoms. The summed E-state index contributed by atoms with van der Waals surface area (Å²) in [5, 5.41) is 3.49. The lowest BCUT2D eigenvalue weighted by atomic mass is 9.95. The molecule has 0 aliphatic rings. The summed E-state index contributed by atoms with van der Waals surface area (Å²) in [5.74, 6) is 0. The van der Waals surface area contributed by atoms with Gasteiger partial charge in [-0.25, -0.2) is 0 Å². The molecule has 0 saturated heterocycles.